The van der Waals surface area contributed by atoms with Crippen molar-refractivity contribution in [3.8, 4) is 11.5 Å². The highest BCUT2D eigenvalue weighted by atomic mass is 79.9. The second-order valence-electron chi connectivity index (χ2n) is 7.13. The van der Waals surface area contributed by atoms with Gasteiger partial charge >= 0.3 is 0 Å². The van der Waals surface area contributed by atoms with E-state index in [2.05, 4.69) is 40.4 Å². The van der Waals surface area contributed by atoms with Crippen LogP contribution in [0.1, 0.15) is 37.6 Å². The molecule has 0 aliphatic rings. The number of nitrogens with one attached hydrogen (secondary N) is 2. The third-order valence-corrected chi connectivity index (χ3v) is 5.02. The highest BCUT2D eigenvalue weighted by Crippen LogP contribution is 2.27. The number of thiocarbonyl (C=S) groups is 1. The maximum Gasteiger partial charge on any atom is 0.257 e. The summed E-state index contributed by atoms with van der Waals surface area (Å²) in [4.78, 5) is 12.6. The number of rotatable bonds is 11. The van der Waals surface area contributed by atoms with Crippen LogP contribution in [0.15, 0.2) is 46.9 Å². The second-order valence-corrected chi connectivity index (χ2v) is 8.39. The molecule has 1 amide bonds. The summed E-state index contributed by atoms with van der Waals surface area (Å²) in [5.41, 5.74) is 1.13. The molecule has 2 aromatic carbocycles. The van der Waals surface area contributed by atoms with Crippen LogP contribution in [0, 0.1) is 5.92 Å². The molecule has 2 rings (SSSR count). The van der Waals surface area contributed by atoms with Crippen molar-refractivity contribution in [3.05, 3.63) is 52.5 Å². The first kappa shape index (κ1) is 25.1. The fourth-order valence-electron chi connectivity index (χ4n) is 2.54. The Hall–Kier alpha value is -2.16. The lowest BCUT2D eigenvalue weighted by molar-refractivity contribution is 0.0977. The van der Waals surface area contributed by atoms with E-state index < -0.39 is 0 Å². The minimum absolute atomic E-state index is 0.180. The molecule has 0 unspecified atom stereocenters. The van der Waals surface area contributed by atoms with Crippen LogP contribution in [0.4, 0.5) is 5.69 Å². The van der Waals surface area contributed by atoms with Gasteiger partial charge in [0.05, 0.1) is 23.4 Å². The monoisotopic (exact) mass is 508 g/mol. The van der Waals surface area contributed by atoms with Gasteiger partial charge in [0.25, 0.3) is 5.91 Å². The molecule has 0 radical (unpaired) electrons. The van der Waals surface area contributed by atoms with Crippen molar-refractivity contribution in [1.29, 1.82) is 0 Å². The average molecular weight is 509 g/mol. The first-order valence-electron chi connectivity index (χ1n) is 10.2. The topological polar surface area (TPSA) is 68.8 Å². The maximum atomic E-state index is 12.6. The molecule has 0 atom stereocenters. The number of carbonyl (C=O) groups excluding carboxylic acids is 1. The van der Waals surface area contributed by atoms with E-state index in [1.54, 1.807) is 18.2 Å². The molecule has 0 spiro atoms. The Labute approximate surface area is 197 Å². The van der Waals surface area contributed by atoms with Crippen molar-refractivity contribution in [2.24, 2.45) is 5.92 Å². The van der Waals surface area contributed by atoms with Crippen molar-refractivity contribution < 1.29 is 19.0 Å². The van der Waals surface area contributed by atoms with Crippen molar-refractivity contribution in [3.63, 3.8) is 0 Å². The summed E-state index contributed by atoms with van der Waals surface area (Å²) < 4.78 is 17.5. The minimum Gasteiger partial charge on any atom is -0.492 e. The first-order chi connectivity index (χ1) is 14.9. The van der Waals surface area contributed by atoms with Crippen LogP contribution in [-0.2, 0) is 4.74 Å². The third kappa shape index (κ3) is 8.85. The highest BCUT2D eigenvalue weighted by Gasteiger charge is 2.12. The lowest BCUT2D eigenvalue weighted by Gasteiger charge is -2.15. The number of anilines is 1. The number of carbonyl (C=O) groups is 1. The molecule has 6 nitrogen and oxygen atoms in total. The number of hydrogen-bond acceptors (Lipinski definition) is 5. The number of amides is 1. The van der Waals surface area contributed by atoms with Crippen LogP contribution in [0.5, 0.6) is 11.5 Å². The Morgan fingerprint density at radius 2 is 1.81 bits per heavy atom. The predicted octanol–water partition coefficient (Wildman–Crippen LogP) is 5.42. The molecule has 0 bridgehead atoms. The average Bonchev–Trinajstić information content (AvgIpc) is 2.73. The van der Waals surface area contributed by atoms with Crippen LogP contribution < -0.4 is 20.1 Å². The Balaban J connectivity index is 1.92. The van der Waals surface area contributed by atoms with E-state index in [4.69, 9.17) is 26.4 Å². The van der Waals surface area contributed by atoms with Gasteiger partial charge in [0.2, 0.25) is 0 Å². The molecule has 8 heteroatoms. The zero-order valence-electron chi connectivity index (χ0n) is 18.1. The quantitative estimate of drug-likeness (QED) is 0.312. The van der Waals surface area contributed by atoms with Gasteiger partial charge in [-0.1, -0.05) is 26.0 Å². The summed E-state index contributed by atoms with van der Waals surface area (Å²) in [5.74, 6) is 1.58. The van der Waals surface area contributed by atoms with Gasteiger partial charge < -0.3 is 19.5 Å². The van der Waals surface area contributed by atoms with E-state index in [0.717, 1.165) is 10.9 Å². The van der Waals surface area contributed by atoms with Crippen molar-refractivity contribution in [2.75, 3.05) is 31.7 Å². The molecule has 2 N–H and O–H groups in total. The minimum atomic E-state index is -0.318. The standard InChI is InChI=1S/C23H29BrN2O4S/c1-4-28-13-14-30-21-8-6-5-7-19(21)25-23(31)26-22(27)17-9-10-20(18(24)15-17)29-12-11-16(2)3/h5-10,15-16H,4,11-14H2,1-3H3,(H2,25,26,27,31). The molecule has 0 aromatic heterocycles. The molecule has 0 saturated carbocycles. The number of benzene rings is 2. The molecule has 0 saturated heterocycles. The van der Waals surface area contributed by atoms with Crippen molar-refractivity contribution in [1.82, 2.24) is 5.32 Å². The molecule has 0 aliphatic carbocycles. The summed E-state index contributed by atoms with van der Waals surface area (Å²) in [6, 6.07) is 12.6. The number of halogens is 1. The van der Waals surface area contributed by atoms with Crippen LogP contribution in [-0.4, -0.2) is 37.4 Å². The van der Waals surface area contributed by atoms with E-state index in [9.17, 15) is 4.79 Å². The first-order valence-corrected chi connectivity index (χ1v) is 11.4. The number of hydrogen-bond donors (Lipinski definition) is 2. The van der Waals surface area contributed by atoms with E-state index >= 15 is 0 Å². The Morgan fingerprint density at radius 3 is 2.52 bits per heavy atom. The molecule has 31 heavy (non-hydrogen) atoms. The zero-order chi connectivity index (χ0) is 22.6. The number of ether oxygens (including phenoxy) is 3. The van der Waals surface area contributed by atoms with Crippen LogP contribution in [0.25, 0.3) is 0 Å². The summed E-state index contributed by atoms with van der Waals surface area (Å²) in [6.45, 7) is 8.41. The third-order valence-electron chi connectivity index (χ3n) is 4.20. The van der Waals surface area contributed by atoms with Gasteiger partial charge in [0.1, 0.15) is 18.1 Å². The second kappa shape index (κ2) is 13.3. The van der Waals surface area contributed by atoms with Crippen LogP contribution in [0.2, 0.25) is 0 Å². The molecule has 0 heterocycles. The molecule has 0 aliphatic heterocycles. The smallest absolute Gasteiger partial charge is 0.257 e. The maximum absolute atomic E-state index is 12.6. The zero-order valence-corrected chi connectivity index (χ0v) is 20.5. The summed E-state index contributed by atoms with van der Waals surface area (Å²) in [6.07, 6.45) is 0.964. The van der Waals surface area contributed by atoms with Crippen molar-refractivity contribution >= 4 is 44.9 Å². The lowest BCUT2D eigenvalue weighted by Crippen LogP contribution is -2.34. The Morgan fingerprint density at radius 1 is 1.06 bits per heavy atom. The molecule has 0 fully saturated rings. The van der Waals surface area contributed by atoms with Gasteiger partial charge in [-0.05, 0) is 77.7 Å². The van der Waals surface area contributed by atoms with Gasteiger partial charge in [-0.3, -0.25) is 10.1 Å². The Bertz CT molecular complexity index is 876. The number of para-hydroxylation sites is 2. The largest absolute Gasteiger partial charge is 0.492 e. The van der Waals surface area contributed by atoms with Crippen LogP contribution >= 0.6 is 28.1 Å². The Kier molecular flexibility index (Phi) is 10.8. The fourth-order valence-corrected chi connectivity index (χ4v) is 3.24. The summed E-state index contributed by atoms with van der Waals surface area (Å²) >= 11 is 8.77. The van der Waals surface area contributed by atoms with Gasteiger partial charge in [-0.2, -0.15) is 0 Å². The van der Waals surface area contributed by atoms with E-state index in [0.29, 0.717) is 55.1 Å². The normalized spacial score (nSPS) is 10.6. The fraction of sp³-hybridized carbons (Fsp3) is 0.391. The predicted molar refractivity (Wildman–Crippen MR) is 131 cm³/mol. The molecular weight excluding hydrogens is 480 g/mol. The molecular formula is C23H29BrN2O4S. The van der Waals surface area contributed by atoms with Gasteiger partial charge in [0.15, 0.2) is 5.11 Å². The van der Waals surface area contributed by atoms with Gasteiger partial charge in [-0.25, -0.2) is 0 Å². The van der Waals surface area contributed by atoms with E-state index in [-0.39, 0.29) is 11.0 Å². The highest BCUT2D eigenvalue weighted by molar-refractivity contribution is 9.10. The molecule has 2 aromatic rings. The lowest BCUT2D eigenvalue weighted by atomic mass is 10.1. The van der Waals surface area contributed by atoms with E-state index in [1.807, 2.05) is 31.2 Å². The van der Waals surface area contributed by atoms with Gasteiger partial charge in [-0.15, -0.1) is 0 Å². The van der Waals surface area contributed by atoms with Gasteiger partial charge in [0, 0.05) is 12.2 Å². The SMILES string of the molecule is CCOCCOc1ccccc1NC(=S)NC(=O)c1ccc(OCCC(C)C)c(Br)c1. The van der Waals surface area contributed by atoms with Crippen molar-refractivity contribution in [2.45, 2.75) is 27.2 Å². The molecule has 168 valence electrons. The summed E-state index contributed by atoms with van der Waals surface area (Å²) in [5, 5.41) is 5.89. The summed E-state index contributed by atoms with van der Waals surface area (Å²) in [7, 11) is 0. The van der Waals surface area contributed by atoms with Crippen LogP contribution in [0.3, 0.4) is 0 Å². The van der Waals surface area contributed by atoms with E-state index in [1.165, 1.54) is 0 Å².